The molecule has 0 radical (unpaired) electrons. The molecule has 1 aliphatic carbocycles. The van der Waals surface area contributed by atoms with E-state index in [-0.39, 0.29) is 17.6 Å². The van der Waals surface area contributed by atoms with Crippen LogP contribution in [-0.4, -0.2) is 30.6 Å². The molecule has 1 aromatic heterocycles. The number of nitrogens with one attached hydrogen (secondary N) is 1. The molecule has 0 saturated heterocycles. The standard InChI is InChI=1S/C10H18N4O2S/c1-7-13-10(6-14(7)2)17(15,16)12-5-9(11)8-3-4-8/h6,8-9,12H,3-5,11H2,1-2H3. The average molecular weight is 258 g/mol. The number of aryl methyl sites for hydroxylation is 2. The largest absolute Gasteiger partial charge is 0.337 e. The number of imidazole rings is 1. The number of aromatic nitrogens is 2. The van der Waals surface area contributed by atoms with E-state index in [0.29, 0.717) is 11.7 Å². The Bertz CT molecular complexity index is 485. The molecule has 2 rings (SSSR count). The molecule has 96 valence electrons. The molecule has 1 saturated carbocycles. The van der Waals surface area contributed by atoms with Crippen LogP contribution in [0.3, 0.4) is 0 Å². The van der Waals surface area contributed by atoms with Crippen LogP contribution in [0.4, 0.5) is 0 Å². The summed E-state index contributed by atoms with van der Waals surface area (Å²) in [6.07, 6.45) is 3.71. The lowest BCUT2D eigenvalue weighted by molar-refractivity contribution is 0.545. The van der Waals surface area contributed by atoms with Crippen LogP contribution in [-0.2, 0) is 17.1 Å². The van der Waals surface area contributed by atoms with E-state index in [1.54, 1.807) is 18.5 Å². The summed E-state index contributed by atoms with van der Waals surface area (Å²) in [5.41, 5.74) is 5.85. The zero-order chi connectivity index (χ0) is 12.6. The summed E-state index contributed by atoms with van der Waals surface area (Å²) in [6, 6.07) is -0.0883. The molecular weight excluding hydrogens is 240 g/mol. The molecule has 1 heterocycles. The number of hydrogen-bond acceptors (Lipinski definition) is 4. The van der Waals surface area contributed by atoms with E-state index in [0.717, 1.165) is 12.8 Å². The second kappa shape index (κ2) is 4.40. The van der Waals surface area contributed by atoms with E-state index in [2.05, 4.69) is 9.71 Å². The molecule has 6 nitrogen and oxygen atoms in total. The van der Waals surface area contributed by atoms with Crippen molar-refractivity contribution >= 4 is 10.0 Å². The molecule has 3 N–H and O–H groups in total. The first-order valence-electron chi connectivity index (χ1n) is 5.65. The Hall–Kier alpha value is -0.920. The lowest BCUT2D eigenvalue weighted by atomic mass is 10.2. The predicted octanol–water partition coefficient (Wildman–Crippen LogP) is -0.256. The minimum Gasteiger partial charge on any atom is -0.337 e. The molecule has 1 atom stereocenters. The van der Waals surface area contributed by atoms with Gasteiger partial charge in [0.25, 0.3) is 10.0 Å². The van der Waals surface area contributed by atoms with E-state index in [1.165, 1.54) is 6.20 Å². The number of rotatable bonds is 5. The van der Waals surface area contributed by atoms with E-state index in [9.17, 15) is 8.42 Å². The molecule has 0 aromatic carbocycles. The highest BCUT2D eigenvalue weighted by Gasteiger charge is 2.29. The van der Waals surface area contributed by atoms with Gasteiger partial charge in [-0.05, 0) is 25.7 Å². The second-order valence-electron chi connectivity index (χ2n) is 4.59. The fourth-order valence-electron chi connectivity index (χ4n) is 1.63. The summed E-state index contributed by atoms with van der Waals surface area (Å²) >= 11 is 0. The monoisotopic (exact) mass is 258 g/mol. The van der Waals surface area contributed by atoms with Crippen LogP contribution in [0, 0.1) is 12.8 Å². The molecule has 0 bridgehead atoms. The number of sulfonamides is 1. The smallest absolute Gasteiger partial charge is 0.259 e. The molecule has 17 heavy (non-hydrogen) atoms. The lowest BCUT2D eigenvalue weighted by Crippen LogP contribution is -2.38. The van der Waals surface area contributed by atoms with Crippen molar-refractivity contribution in [3.8, 4) is 0 Å². The highest BCUT2D eigenvalue weighted by atomic mass is 32.2. The van der Waals surface area contributed by atoms with Crippen LogP contribution in [0.2, 0.25) is 0 Å². The van der Waals surface area contributed by atoms with Gasteiger partial charge in [0.05, 0.1) is 0 Å². The van der Waals surface area contributed by atoms with Crippen molar-refractivity contribution in [3.63, 3.8) is 0 Å². The Balaban J connectivity index is 2.02. The van der Waals surface area contributed by atoms with Gasteiger partial charge in [-0.2, -0.15) is 0 Å². The molecule has 1 unspecified atom stereocenters. The van der Waals surface area contributed by atoms with Gasteiger partial charge in [-0.3, -0.25) is 0 Å². The molecule has 0 amide bonds. The Labute approximate surface area is 101 Å². The van der Waals surface area contributed by atoms with Crippen LogP contribution in [0.15, 0.2) is 11.2 Å². The minimum absolute atomic E-state index is 0.0560. The molecule has 1 fully saturated rings. The number of hydrogen-bond donors (Lipinski definition) is 2. The van der Waals surface area contributed by atoms with Crippen molar-refractivity contribution in [2.45, 2.75) is 30.8 Å². The fraction of sp³-hybridized carbons (Fsp3) is 0.700. The molecule has 7 heteroatoms. The van der Waals surface area contributed by atoms with Crippen molar-refractivity contribution in [2.24, 2.45) is 18.7 Å². The summed E-state index contributed by atoms with van der Waals surface area (Å²) in [5.74, 6) is 1.14. The van der Waals surface area contributed by atoms with Crippen molar-refractivity contribution in [1.82, 2.24) is 14.3 Å². The highest BCUT2D eigenvalue weighted by Crippen LogP contribution is 2.31. The third-order valence-corrected chi connectivity index (χ3v) is 4.39. The van der Waals surface area contributed by atoms with Crippen molar-refractivity contribution in [1.29, 1.82) is 0 Å². The Morgan fingerprint density at radius 2 is 2.29 bits per heavy atom. The van der Waals surface area contributed by atoms with Crippen LogP contribution >= 0.6 is 0 Å². The predicted molar refractivity (Wildman–Crippen MR) is 63.8 cm³/mol. The van der Waals surface area contributed by atoms with Gasteiger partial charge in [0.2, 0.25) is 0 Å². The normalized spacial score (nSPS) is 18.3. The van der Waals surface area contributed by atoms with Gasteiger partial charge in [-0.25, -0.2) is 18.1 Å². The quantitative estimate of drug-likeness (QED) is 0.761. The van der Waals surface area contributed by atoms with Gasteiger partial charge < -0.3 is 10.3 Å². The Kier molecular flexibility index (Phi) is 3.24. The van der Waals surface area contributed by atoms with E-state index >= 15 is 0 Å². The van der Waals surface area contributed by atoms with Crippen molar-refractivity contribution in [2.75, 3.05) is 6.54 Å². The number of nitrogens with zero attached hydrogens (tertiary/aromatic N) is 2. The first-order chi connectivity index (χ1) is 7.90. The van der Waals surface area contributed by atoms with E-state index in [1.807, 2.05) is 0 Å². The summed E-state index contributed by atoms with van der Waals surface area (Å²) in [4.78, 5) is 3.99. The van der Waals surface area contributed by atoms with Gasteiger partial charge in [0.15, 0.2) is 5.03 Å². The molecule has 0 spiro atoms. The molecule has 0 aliphatic heterocycles. The first kappa shape index (κ1) is 12.5. The van der Waals surface area contributed by atoms with Crippen molar-refractivity contribution < 1.29 is 8.42 Å². The first-order valence-corrected chi connectivity index (χ1v) is 7.13. The highest BCUT2D eigenvalue weighted by molar-refractivity contribution is 7.89. The zero-order valence-corrected chi connectivity index (χ0v) is 10.9. The Morgan fingerprint density at radius 3 is 2.76 bits per heavy atom. The fourth-order valence-corrected chi connectivity index (χ4v) is 2.74. The average Bonchev–Trinajstić information content (AvgIpc) is 3.04. The van der Waals surface area contributed by atoms with Gasteiger partial charge in [-0.15, -0.1) is 0 Å². The zero-order valence-electron chi connectivity index (χ0n) is 10.0. The molecule has 1 aliphatic rings. The third kappa shape index (κ3) is 2.85. The maximum absolute atomic E-state index is 11.9. The maximum Gasteiger partial charge on any atom is 0.259 e. The Morgan fingerprint density at radius 1 is 1.65 bits per heavy atom. The van der Waals surface area contributed by atoms with E-state index in [4.69, 9.17) is 5.73 Å². The van der Waals surface area contributed by atoms with Crippen LogP contribution < -0.4 is 10.5 Å². The molecular formula is C10H18N4O2S. The lowest BCUT2D eigenvalue weighted by Gasteiger charge is -2.10. The van der Waals surface area contributed by atoms with Gasteiger partial charge in [0, 0.05) is 25.8 Å². The molecule has 1 aromatic rings. The summed E-state index contributed by atoms with van der Waals surface area (Å²) in [5, 5.41) is 0.0560. The van der Waals surface area contributed by atoms with Gasteiger partial charge in [0.1, 0.15) is 5.82 Å². The van der Waals surface area contributed by atoms with Crippen LogP contribution in [0.5, 0.6) is 0 Å². The third-order valence-electron chi connectivity index (χ3n) is 3.10. The summed E-state index contributed by atoms with van der Waals surface area (Å²) < 4.78 is 28.0. The number of nitrogens with two attached hydrogens (primary N) is 1. The van der Waals surface area contributed by atoms with Gasteiger partial charge >= 0.3 is 0 Å². The topological polar surface area (TPSA) is 90.0 Å². The minimum atomic E-state index is -3.52. The van der Waals surface area contributed by atoms with E-state index < -0.39 is 10.0 Å². The SMILES string of the molecule is Cc1nc(S(=O)(=O)NCC(N)C2CC2)cn1C. The van der Waals surface area contributed by atoms with Gasteiger partial charge in [-0.1, -0.05) is 0 Å². The second-order valence-corrected chi connectivity index (χ2v) is 6.30. The summed E-state index contributed by atoms with van der Waals surface area (Å²) in [6.45, 7) is 2.04. The van der Waals surface area contributed by atoms with Crippen LogP contribution in [0.1, 0.15) is 18.7 Å². The maximum atomic E-state index is 11.9. The summed E-state index contributed by atoms with van der Waals surface area (Å²) in [7, 11) is -1.76. The van der Waals surface area contributed by atoms with Crippen molar-refractivity contribution in [3.05, 3.63) is 12.0 Å². The van der Waals surface area contributed by atoms with Crippen LogP contribution in [0.25, 0.3) is 0 Å².